The molecule has 15 heavy (non-hydrogen) atoms. The van der Waals surface area contributed by atoms with E-state index in [2.05, 4.69) is 6.92 Å². The predicted octanol–water partition coefficient (Wildman–Crippen LogP) is 2.42. The van der Waals surface area contributed by atoms with Crippen molar-refractivity contribution in [3.63, 3.8) is 0 Å². The van der Waals surface area contributed by atoms with Crippen molar-refractivity contribution in [1.82, 2.24) is 0 Å². The minimum absolute atomic E-state index is 0.176. The van der Waals surface area contributed by atoms with Crippen LogP contribution in [-0.4, -0.2) is 31.0 Å². The summed E-state index contributed by atoms with van der Waals surface area (Å²) in [6.07, 6.45) is 3.08. The zero-order chi connectivity index (χ0) is 11.3. The van der Waals surface area contributed by atoms with Crippen molar-refractivity contribution < 1.29 is 18.6 Å². The van der Waals surface area contributed by atoms with Gasteiger partial charge in [-0.25, -0.2) is 0 Å². The number of cyclic esters (lactones) is 1. The second-order valence-corrected chi connectivity index (χ2v) is 6.70. The number of unbranched alkanes of at least 4 members (excludes halogenated alkanes) is 1. The van der Waals surface area contributed by atoms with Crippen LogP contribution in [0.3, 0.4) is 0 Å². The molecule has 0 saturated carbocycles. The Kier molecular flexibility index (Phi) is 4.81. The molecule has 0 aromatic carbocycles. The van der Waals surface area contributed by atoms with Gasteiger partial charge >= 0.3 is 5.97 Å². The second-order valence-electron chi connectivity index (χ2n) is 3.82. The summed E-state index contributed by atoms with van der Waals surface area (Å²) in [6.45, 7) is 4.46. The maximum absolute atomic E-state index is 12.2. The first-order valence-corrected chi connectivity index (χ1v) is 7.51. The number of esters is 1. The van der Waals surface area contributed by atoms with E-state index in [0.717, 1.165) is 12.8 Å². The summed E-state index contributed by atoms with van der Waals surface area (Å²) in [4.78, 5) is 10.6. The van der Waals surface area contributed by atoms with Gasteiger partial charge in [-0.15, -0.1) is 0 Å². The molecular formula is C10H19O4P. The van der Waals surface area contributed by atoms with Crippen molar-refractivity contribution in [3.05, 3.63) is 0 Å². The molecular weight excluding hydrogens is 215 g/mol. The lowest BCUT2D eigenvalue weighted by atomic mass is 10.2. The molecule has 1 fully saturated rings. The third kappa shape index (κ3) is 3.96. The van der Waals surface area contributed by atoms with E-state index in [1.165, 1.54) is 0 Å². The molecule has 1 aliphatic rings. The highest BCUT2D eigenvalue weighted by molar-refractivity contribution is 7.59. The van der Waals surface area contributed by atoms with E-state index >= 15 is 0 Å². The van der Waals surface area contributed by atoms with Crippen LogP contribution in [0.5, 0.6) is 0 Å². The fraction of sp³-hybridized carbons (Fsp3) is 0.900. The first-order chi connectivity index (χ1) is 7.09. The zero-order valence-electron chi connectivity index (χ0n) is 9.40. The summed E-state index contributed by atoms with van der Waals surface area (Å²) < 4.78 is 22.4. The first kappa shape index (κ1) is 12.7. The molecule has 2 atom stereocenters. The molecule has 0 N–H and O–H groups in total. The summed E-state index contributed by atoms with van der Waals surface area (Å²) in [6, 6.07) is 0. The summed E-state index contributed by atoms with van der Waals surface area (Å²) in [5, 5.41) is 0. The van der Waals surface area contributed by atoms with E-state index in [9.17, 15) is 9.36 Å². The van der Waals surface area contributed by atoms with Crippen molar-refractivity contribution in [2.45, 2.75) is 39.2 Å². The fourth-order valence-corrected chi connectivity index (χ4v) is 3.25. The van der Waals surface area contributed by atoms with Gasteiger partial charge < -0.3 is 9.26 Å². The Balaban J connectivity index is 2.31. The summed E-state index contributed by atoms with van der Waals surface area (Å²) in [5.41, 5.74) is 0. The van der Waals surface area contributed by atoms with Crippen LogP contribution in [0.4, 0.5) is 0 Å². The Morgan fingerprint density at radius 2 is 2.20 bits per heavy atom. The van der Waals surface area contributed by atoms with Crippen molar-refractivity contribution in [1.29, 1.82) is 0 Å². The molecule has 0 aromatic heterocycles. The molecule has 1 saturated heterocycles. The zero-order valence-corrected chi connectivity index (χ0v) is 10.3. The van der Waals surface area contributed by atoms with E-state index in [-0.39, 0.29) is 12.1 Å². The molecule has 0 radical (unpaired) electrons. The Morgan fingerprint density at radius 3 is 2.67 bits per heavy atom. The van der Waals surface area contributed by atoms with Crippen molar-refractivity contribution in [2.24, 2.45) is 0 Å². The number of hydrogen-bond donors (Lipinski definition) is 0. The Morgan fingerprint density at radius 1 is 1.53 bits per heavy atom. The molecule has 5 heteroatoms. The second kappa shape index (κ2) is 5.66. The lowest BCUT2D eigenvalue weighted by molar-refractivity contribution is -0.167. The highest BCUT2D eigenvalue weighted by atomic mass is 31.2. The standard InChI is InChI=1S/C10H19O4P/c1-3-5-6-13-15(12,4-2)8-9-7-10(11)14-9/h9H,3-8H2,1-2H3. The normalized spacial score (nSPS) is 24.1. The maximum Gasteiger partial charge on any atom is 0.309 e. The highest BCUT2D eigenvalue weighted by Crippen LogP contribution is 2.48. The van der Waals surface area contributed by atoms with Gasteiger partial charge in [-0.1, -0.05) is 20.3 Å². The third-order valence-electron chi connectivity index (χ3n) is 2.48. The largest absolute Gasteiger partial charge is 0.461 e. The van der Waals surface area contributed by atoms with Crippen LogP contribution in [0, 0.1) is 0 Å². The van der Waals surface area contributed by atoms with Gasteiger partial charge in [0.2, 0.25) is 7.37 Å². The van der Waals surface area contributed by atoms with E-state index in [4.69, 9.17) is 9.26 Å². The van der Waals surface area contributed by atoms with E-state index in [1.807, 2.05) is 6.92 Å². The van der Waals surface area contributed by atoms with Crippen LogP contribution in [0.25, 0.3) is 0 Å². The first-order valence-electron chi connectivity index (χ1n) is 5.51. The monoisotopic (exact) mass is 234 g/mol. The minimum atomic E-state index is -2.56. The van der Waals surface area contributed by atoms with Crippen molar-refractivity contribution in [3.8, 4) is 0 Å². The van der Waals surface area contributed by atoms with Crippen molar-refractivity contribution in [2.75, 3.05) is 18.9 Å². The smallest absolute Gasteiger partial charge is 0.309 e. The summed E-state index contributed by atoms with van der Waals surface area (Å²) >= 11 is 0. The van der Waals surface area contributed by atoms with E-state index in [1.54, 1.807) is 0 Å². The molecule has 1 heterocycles. The molecule has 2 unspecified atom stereocenters. The lowest BCUT2D eigenvalue weighted by Gasteiger charge is -2.28. The predicted molar refractivity (Wildman–Crippen MR) is 58.4 cm³/mol. The molecule has 0 spiro atoms. The molecule has 0 aliphatic carbocycles. The maximum atomic E-state index is 12.2. The molecule has 4 nitrogen and oxygen atoms in total. The molecule has 88 valence electrons. The van der Waals surface area contributed by atoms with E-state index in [0.29, 0.717) is 25.4 Å². The Labute approximate surface area is 90.8 Å². The SMILES string of the molecule is CCCCOP(=O)(CC)CC1CC(=O)O1. The third-order valence-corrected chi connectivity index (χ3v) is 5.06. The molecule has 0 bridgehead atoms. The van der Waals surface area contributed by atoms with Gasteiger partial charge in [-0.05, 0) is 6.42 Å². The van der Waals surface area contributed by atoms with Gasteiger partial charge in [-0.2, -0.15) is 0 Å². The van der Waals surface area contributed by atoms with Gasteiger partial charge in [-0.3, -0.25) is 9.36 Å². The number of carbonyl (C=O) groups is 1. The fourth-order valence-electron chi connectivity index (χ4n) is 1.42. The van der Waals surface area contributed by atoms with E-state index < -0.39 is 7.37 Å². The van der Waals surface area contributed by atoms with Gasteiger partial charge in [0.1, 0.15) is 6.10 Å². The molecule has 0 amide bonds. The summed E-state index contributed by atoms with van der Waals surface area (Å²) in [7, 11) is -2.56. The average Bonchev–Trinajstić information content (AvgIpc) is 2.16. The van der Waals surface area contributed by atoms with Crippen LogP contribution in [0.15, 0.2) is 0 Å². The Hall–Kier alpha value is -0.340. The van der Waals surface area contributed by atoms with Gasteiger partial charge in [0, 0.05) is 6.16 Å². The lowest BCUT2D eigenvalue weighted by Crippen LogP contribution is -2.35. The van der Waals surface area contributed by atoms with Crippen LogP contribution < -0.4 is 0 Å². The van der Waals surface area contributed by atoms with Crippen molar-refractivity contribution >= 4 is 13.3 Å². The quantitative estimate of drug-likeness (QED) is 0.385. The van der Waals surface area contributed by atoms with Crippen LogP contribution >= 0.6 is 7.37 Å². The van der Waals surface area contributed by atoms with Crippen LogP contribution in [0.1, 0.15) is 33.1 Å². The minimum Gasteiger partial charge on any atom is -0.461 e. The van der Waals surface area contributed by atoms with Gasteiger partial charge in [0.15, 0.2) is 0 Å². The average molecular weight is 234 g/mol. The van der Waals surface area contributed by atoms with Crippen LogP contribution in [0.2, 0.25) is 0 Å². The highest BCUT2D eigenvalue weighted by Gasteiger charge is 2.35. The van der Waals surface area contributed by atoms with Gasteiger partial charge in [0.25, 0.3) is 0 Å². The molecule has 1 rings (SSSR count). The topological polar surface area (TPSA) is 52.6 Å². The molecule has 1 aliphatic heterocycles. The number of rotatable bonds is 7. The Bertz CT molecular complexity index is 256. The van der Waals surface area contributed by atoms with Gasteiger partial charge in [0.05, 0.1) is 19.2 Å². The summed E-state index contributed by atoms with van der Waals surface area (Å²) in [5.74, 6) is -0.198. The number of carbonyl (C=O) groups excluding carboxylic acids is 1. The number of ether oxygens (including phenoxy) is 1. The molecule has 0 aromatic rings. The van der Waals surface area contributed by atoms with Crippen LogP contribution in [-0.2, 0) is 18.6 Å². The number of hydrogen-bond acceptors (Lipinski definition) is 4.